The molecule has 0 spiro atoms. The van der Waals surface area contributed by atoms with Gasteiger partial charge in [0.05, 0.1) is 17.8 Å². The van der Waals surface area contributed by atoms with Gasteiger partial charge in [-0.15, -0.1) is 0 Å². The Balaban J connectivity index is 1.86. The second kappa shape index (κ2) is 6.16. The number of hydrogen-bond acceptors (Lipinski definition) is 4. The summed E-state index contributed by atoms with van der Waals surface area (Å²) in [6.45, 7) is 3.34. The van der Waals surface area contributed by atoms with E-state index in [1.54, 1.807) is 11.8 Å². The topological polar surface area (TPSA) is 68.2 Å². The summed E-state index contributed by atoms with van der Waals surface area (Å²) in [7, 11) is 3.57. The molecule has 0 aromatic carbocycles. The van der Waals surface area contributed by atoms with E-state index in [1.807, 2.05) is 13.2 Å². The Morgan fingerprint density at radius 3 is 3.11 bits per heavy atom. The zero-order chi connectivity index (χ0) is 13.8. The Bertz CT molecular complexity index is 444. The van der Waals surface area contributed by atoms with Gasteiger partial charge in [0.15, 0.2) is 0 Å². The molecule has 2 atom stereocenters. The first-order chi connectivity index (χ1) is 9.13. The van der Waals surface area contributed by atoms with Crippen molar-refractivity contribution < 1.29 is 9.53 Å². The van der Waals surface area contributed by atoms with Crippen molar-refractivity contribution in [3.63, 3.8) is 0 Å². The molecule has 0 radical (unpaired) electrons. The van der Waals surface area contributed by atoms with Crippen LogP contribution in [0.4, 0.5) is 0 Å². The summed E-state index contributed by atoms with van der Waals surface area (Å²) in [5.74, 6) is 0.0328. The van der Waals surface area contributed by atoms with Crippen molar-refractivity contribution in [2.24, 2.45) is 7.05 Å². The summed E-state index contributed by atoms with van der Waals surface area (Å²) in [6, 6.07) is -0.147. The van der Waals surface area contributed by atoms with Crippen LogP contribution in [0.25, 0.3) is 0 Å². The van der Waals surface area contributed by atoms with E-state index in [0.717, 1.165) is 30.6 Å². The van der Waals surface area contributed by atoms with Crippen molar-refractivity contribution in [2.45, 2.75) is 38.5 Å². The predicted octanol–water partition coefficient (Wildman–Crippen LogP) is -0.0244. The molecule has 1 aliphatic rings. The van der Waals surface area contributed by atoms with Crippen molar-refractivity contribution in [1.29, 1.82) is 0 Å². The summed E-state index contributed by atoms with van der Waals surface area (Å²) in [5.41, 5.74) is 2.12. The van der Waals surface area contributed by atoms with Crippen molar-refractivity contribution in [3.05, 3.63) is 17.5 Å². The van der Waals surface area contributed by atoms with Crippen molar-refractivity contribution in [1.82, 2.24) is 20.4 Å². The first-order valence-corrected chi connectivity index (χ1v) is 6.69. The number of hydrogen-bond donors (Lipinski definition) is 2. The monoisotopic (exact) mass is 266 g/mol. The van der Waals surface area contributed by atoms with Crippen molar-refractivity contribution >= 4 is 5.91 Å². The molecule has 1 saturated heterocycles. The lowest BCUT2D eigenvalue weighted by molar-refractivity contribution is -0.123. The Kier molecular flexibility index (Phi) is 4.55. The van der Waals surface area contributed by atoms with Gasteiger partial charge >= 0.3 is 0 Å². The zero-order valence-electron chi connectivity index (χ0n) is 11.8. The number of nitrogens with one attached hydrogen (secondary N) is 2. The summed E-state index contributed by atoms with van der Waals surface area (Å²) >= 11 is 0. The van der Waals surface area contributed by atoms with Gasteiger partial charge in [-0.2, -0.15) is 5.10 Å². The molecule has 0 bridgehead atoms. The first-order valence-electron chi connectivity index (χ1n) is 6.69. The summed E-state index contributed by atoms with van der Waals surface area (Å²) < 4.78 is 7.03. The molecule has 1 aliphatic heterocycles. The number of amides is 1. The van der Waals surface area contributed by atoms with Crippen molar-refractivity contribution in [2.75, 3.05) is 13.7 Å². The van der Waals surface area contributed by atoms with E-state index in [1.165, 1.54) is 0 Å². The van der Waals surface area contributed by atoms with Gasteiger partial charge in [-0.25, -0.2) is 0 Å². The summed E-state index contributed by atoms with van der Waals surface area (Å²) in [5, 5.41) is 10.5. The number of rotatable bonds is 5. The third-order valence-corrected chi connectivity index (χ3v) is 3.52. The van der Waals surface area contributed by atoms with Crippen LogP contribution >= 0.6 is 0 Å². The van der Waals surface area contributed by atoms with Crippen LogP contribution in [0.15, 0.2) is 6.20 Å². The maximum absolute atomic E-state index is 12.0. The number of aromatic nitrogens is 2. The highest BCUT2D eigenvalue weighted by Crippen LogP contribution is 2.11. The van der Waals surface area contributed by atoms with Crippen LogP contribution in [-0.4, -0.2) is 41.5 Å². The highest BCUT2D eigenvalue weighted by molar-refractivity contribution is 5.82. The molecule has 0 aliphatic carbocycles. The van der Waals surface area contributed by atoms with E-state index >= 15 is 0 Å². The average Bonchev–Trinajstić information content (AvgIpc) is 3.01. The van der Waals surface area contributed by atoms with Crippen LogP contribution in [0.1, 0.15) is 24.6 Å². The summed E-state index contributed by atoms with van der Waals surface area (Å²) in [4.78, 5) is 12.0. The molecule has 1 amide bonds. The van der Waals surface area contributed by atoms with Crippen LogP contribution in [0.3, 0.4) is 0 Å². The van der Waals surface area contributed by atoms with Gasteiger partial charge < -0.3 is 15.4 Å². The largest absolute Gasteiger partial charge is 0.380 e. The van der Waals surface area contributed by atoms with E-state index in [4.69, 9.17) is 4.74 Å². The number of ether oxygens (including phenoxy) is 1. The maximum Gasteiger partial charge on any atom is 0.237 e. The van der Waals surface area contributed by atoms with E-state index < -0.39 is 0 Å². The Hall–Kier alpha value is -1.40. The number of carbonyl (C=O) groups excluding carboxylic acids is 1. The lowest BCUT2D eigenvalue weighted by atomic mass is 10.1. The normalized spacial score (nSPS) is 22.7. The van der Waals surface area contributed by atoms with Crippen LogP contribution in [0, 0.1) is 0 Å². The Labute approximate surface area is 113 Å². The second-order valence-corrected chi connectivity index (χ2v) is 4.90. The molecule has 2 N–H and O–H groups in total. The fourth-order valence-electron chi connectivity index (χ4n) is 2.42. The minimum atomic E-state index is -0.147. The van der Waals surface area contributed by atoms with Crippen LogP contribution < -0.4 is 10.6 Å². The lowest BCUT2D eigenvalue weighted by Gasteiger charge is -2.11. The molecule has 0 saturated carbocycles. The van der Waals surface area contributed by atoms with E-state index in [0.29, 0.717) is 6.54 Å². The molecule has 6 nitrogen and oxygen atoms in total. The van der Waals surface area contributed by atoms with E-state index in [9.17, 15) is 4.79 Å². The van der Waals surface area contributed by atoms with Gasteiger partial charge in [0, 0.05) is 39.0 Å². The Morgan fingerprint density at radius 2 is 2.47 bits per heavy atom. The number of methoxy groups -OCH3 is 1. The van der Waals surface area contributed by atoms with Crippen LogP contribution in [0.2, 0.25) is 0 Å². The second-order valence-electron chi connectivity index (χ2n) is 4.90. The average molecular weight is 266 g/mol. The molecule has 1 aromatic rings. The van der Waals surface area contributed by atoms with Crippen LogP contribution in [-0.2, 0) is 29.5 Å². The number of aryl methyl sites for hydroxylation is 2. The molecule has 6 heteroatoms. The SMILES string of the molecule is CCc1nn(C)cc1CNC(=O)C1CC(OC)CN1. The lowest BCUT2D eigenvalue weighted by Crippen LogP contribution is -2.40. The number of carbonyl (C=O) groups is 1. The highest BCUT2D eigenvalue weighted by atomic mass is 16.5. The van der Waals surface area contributed by atoms with Gasteiger partial charge in [-0.3, -0.25) is 9.48 Å². The molecule has 19 heavy (non-hydrogen) atoms. The minimum Gasteiger partial charge on any atom is -0.380 e. The third kappa shape index (κ3) is 3.33. The molecule has 2 heterocycles. The molecule has 1 fully saturated rings. The van der Waals surface area contributed by atoms with Gasteiger partial charge in [0.25, 0.3) is 0 Å². The van der Waals surface area contributed by atoms with Gasteiger partial charge in [0.2, 0.25) is 5.91 Å². The number of nitrogens with zero attached hydrogens (tertiary/aromatic N) is 2. The standard InChI is InChI=1S/C13H22N4O2/c1-4-11-9(8-17(2)16-11)6-15-13(18)12-5-10(19-3)7-14-12/h8,10,12,14H,4-7H2,1-3H3,(H,15,18). The van der Waals surface area contributed by atoms with E-state index in [2.05, 4.69) is 22.7 Å². The minimum absolute atomic E-state index is 0.0328. The van der Waals surface area contributed by atoms with Gasteiger partial charge in [-0.1, -0.05) is 6.92 Å². The van der Waals surface area contributed by atoms with E-state index in [-0.39, 0.29) is 18.1 Å². The Morgan fingerprint density at radius 1 is 1.68 bits per heavy atom. The summed E-state index contributed by atoms with van der Waals surface area (Å²) in [6.07, 6.45) is 3.70. The predicted molar refractivity (Wildman–Crippen MR) is 71.6 cm³/mol. The first kappa shape index (κ1) is 14.0. The molecule has 1 aromatic heterocycles. The smallest absolute Gasteiger partial charge is 0.237 e. The fraction of sp³-hybridized carbons (Fsp3) is 0.692. The van der Waals surface area contributed by atoms with Gasteiger partial charge in [-0.05, 0) is 12.8 Å². The molecule has 2 unspecified atom stereocenters. The van der Waals surface area contributed by atoms with Crippen LogP contribution in [0.5, 0.6) is 0 Å². The fourth-order valence-corrected chi connectivity index (χ4v) is 2.42. The zero-order valence-corrected chi connectivity index (χ0v) is 11.8. The molecular weight excluding hydrogens is 244 g/mol. The van der Waals surface area contributed by atoms with Crippen molar-refractivity contribution in [3.8, 4) is 0 Å². The quantitative estimate of drug-likeness (QED) is 0.785. The third-order valence-electron chi connectivity index (χ3n) is 3.52. The molecule has 2 rings (SSSR count). The maximum atomic E-state index is 12.0. The molecule has 106 valence electrons. The highest BCUT2D eigenvalue weighted by Gasteiger charge is 2.29. The van der Waals surface area contributed by atoms with Gasteiger partial charge in [0.1, 0.15) is 0 Å². The molecular formula is C13H22N4O2.